The van der Waals surface area contributed by atoms with Crippen molar-refractivity contribution in [2.24, 2.45) is 23.0 Å². The minimum atomic E-state index is -0.369. The van der Waals surface area contributed by atoms with Gasteiger partial charge in [0.1, 0.15) is 6.61 Å². The molecule has 0 aliphatic heterocycles. The predicted octanol–water partition coefficient (Wildman–Crippen LogP) is 2.27. The van der Waals surface area contributed by atoms with E-state index >= 15 is 0 Å². The first-order valence-electron chi connectivity index (χ1n) is 6.28. The number of rotatable bonds is 7. The number of ether oxygens (including phenoxy) is 1. The normalized spacial score (nSPS) is 17.5. The number of hydrogen-bond acceptors (Lipinski definition) is 4. The molecular formula is C13H23ClN2O2. The summed E-state index contributed by atoms with van der Waals surface area (Å²) >= 11 is 0. The molecule has 1 aliphatic rings. The van der Waals surface area contributed by atoms with E-state index in [1.807, 2.05) is 0 Å². The number of nitrogens with zero attached hydrogens (tertiary/aromatic N) is 1. The highest BCUT2D eigenvalue weighted by Gasteiger charge is 2.44. The van der Waals surface area contributed by atoms with Crippen LogP contribution in [0.3, 0.4) is 0 Å². The summed E-state index contributed by atoms with van der Waals surface area (Å²) in [6.07, 6.45) is 3.01. The van der Waals surface area contributed by atoms with Gasteiger partial charge >= 0.3 is 5.97 Å². The van der Waals surface area contributed by atoms with Gasteiger partial charge in [0.25, 0.3) is 0 Å². The molecule has 1 saturated carbocycles. The molecule has 4 nitrogen and oxygen atoms in total. The van der Waals surface area contributed by atoms with Gasteiger partial charge in [-0.15, -0.1) is 12.4 Å². The largest absolute Gasteiger partial charge is 0.464 e. The monoisotopic (exact) mass is 274 g/mol. The van der Waals surface area contributed by atoms with Crippen molar-refractivity contribution < 1.29 is 9.53 Å². The molecule has 0 heterocycles. The van der Waals surface area contributed by atoms with Gasteiger partial charge in [-0.3, -0.25) is 4.79 Å². The third-order valence-corrected chi connectivity index (χ3v) is 3.19. The molecule has 1 atom stereocenters. The molecule has 1 rings (SSSR count). The SMILES string of the molecule is CC(C)C[C@H](CN)CC(=O)OCC1(C#N)CC1.Cl. The minimum Gasteiger partial charge on any atom is -0.464 e. The van der Waals surface area contributed by atoms with E-state index < -0.39 is 0 Å². The van der Waals surface area contributed by atoms with Crippen LogP contribution in [-0.4, -0.2) is 19.1 Å². The molecular weight excluding hydrogens is 252 g/mol. The molecule has 0 spiro atoms. The van der Waals surface area contributed by atoms with E-state index in [1.54, 1.807) is 0 Å². The summed E-state index contributed by atoms with van der Waals surface area (Å²) in [5.74, 6) is 0.507. The van der Waals surface area contributed by atoms with Crippen molar-refractivity contribution in [1.82, 2.24) is 0 Å². The van der Waals surface area contributed by atoms with Gasteiger partial charge in [-0.2, -0.15) is 5.26 Å². The standard InChI is InChI=1S/C13H22N2O2.ClH/c1-10(2)5-11(7-14)6-12(16)17-9-13(8-15)3-4-13;/h10-11H,3-7,9,14H2,1-2H3;1H/t11-;/m0./s1. The Morgan fingerprint density at radius 1 is 1.50 bits per heavy atom. The van der Waals surface area contributed by atoms with Crippen LogP contribution in [0.2, 0.25) is 0 Å². The number of esters is 1. The van der Waals surface area contributed by atoms with Crippen LogP contribution in [0.4, 0.5) is 0 Å². The Bertz CT molecular complexity index is 309. The molecule has 0 unspecified atom stereocenters. The quantitative estimate of drug-likeness (QED) is 0.723. The summed E-state index contributed by atoms with van der Waals surface area (Å²) in [4.78, 5) is 11.6. The zero-order valence-electron chi connectivity index (χ0n) is 11.1. The second-order valence-corrected chi connectivity index (χ2v) is 5.49. The van der Waals surface area contributed by atoms with Crippen molar-refractivity contribution in [1.29, 1.82) is 5.26 Å². The lowest BCUT2D eigenvalue weighted by Crippen LogP contribution is -2.22. The Balaban J connectivity index is 0.00000289. The maximum atomic E-state index is 11.6. The average molecular weight is 275 g/mol. The molecule has 0 aromatic heterocycles. The van der Waals surface area contributed by atoms with Crippen LogP contribution >= 0.6 is 12.4 Å². The molecule has 5 heteroatoms. The Labute approximate surface area is 115 Å². The van der Waals surface area contributed by atoms with Crippen LogP contribution in [0.25, 0.3) is 0 Å². The van der Waals surface area contributed by atoms with E-state index in [2.05, 4.69) is 19.9 Å². The van der Waals surface area contributed by atoms with Gasteiger partial charge in [-0.05, 0) is 37.6 Å². The van der Waals surface area contributed by atoms with Gasteiger partial charge in [0, 0.05) is 6.42 Å². The lowest BCUT2D eigenvalue weighted by Gasteiger charge is -2.16. The van der Waals surface area contributed by atoms with Crippen molar-refractivity contribution in [2.75, 3.05) is 13.2 Å². The van der Waals surface area contributed by atoms with Gasteiger partial charge in [0.05, 0.1) is 11.5 Å². The van der Waals surface area contributed by atoms with Crippen molar-refractivity contribution in [2.45, 2.75) is 39.5 Å². The van der Waals surface area contributed by atoms with Crippen LogP contribution in [0.5, 0.6) is 0 Å². The van der Waals surface area contributed by atoms with Gasteiger partial charge in [-0.1, -0.05) is 13.8 Å². The molecule has 104 valence electrons. The molecule has 0 aromatic carbocycles. The van der Waals surface area contributed by atoms with Gasteiger partial charge in [0.2, 0.25) is 0 Å². The number of hydrogen-bond donors (Lipinski definition) is 1. The molecule has 0 amide bonds. The predicted molar refractivity (Wildman–Crippen MR) is 72.1 cm³/mol. The van der Waals surface area contributed by atoms with E-state index in [9.17, 15) is 4.79 Å². The smallest absolute Gasteiger partial charge is 0.306 e. The topological polar surface area (TPSA) is 76.1 Å². The van der Waals surface area contributed by atoms with Gasteiger partial charge in [0.15, 0.2) is 0 Å². The first-order chi connectivity index (χ1) is 8.01. The minimum absolute atomic E-state index is 0. The van der Waals surface area contributed by atoms with Gasteiger partial charge in [-0.25, -0.2) is 0 Å². The molecule has 2 N–H and O–H groups in total. The molecule has 0 bridgehead atoms. The van der Waals surface area contributed by atoms with Crippen LogP contribution < -0.4 is 5.73 Å². The highest BCUT2D eigenvalue weighted by Crippen LogP contribution is 2.45. The van der Waals surface area contributed by atoms with Crippen LogP contribution in [0, 0.1) is 28.6 Å². The fraction of sp³-hybridized carbons (Fsp3) is 0.846. The number of halogens is 1. The van der Waals surface area contributed by atoms with E-state index in [0.717, 1.165) is 19.3 Å². The zero-order chi connectivity index (χ0) is 12.9. The summed E-state index contributed by atoms with van der Waals surface area (Å²) in [6, 6.07) is 2.21. The summed E-state index contributed by atoms with van der Waals surface area (Å²) in [5, 5.41) is 8.86. The van der Waals surface area contributed by atoms with Crippen LogP contribution in [-0.2, 0) is 9.53 Å². The molecule has 18 heavy (non-hydrogen) atoms. The third-order valence-electron chi connectivity index (χ3n) is 3.19. The fourth-order valence-corrected chi connectivity index (χ4v) is 1.88. The number of nitrogens with two attached hydrogens (primary N) is 1. The van der Waals surface area contributed by atoms with Crippen LogP contribution in [0.15, 0.2) is 0 Å². The van der Waals surface area contributed by atoms with E-state index in [4.69, 9.17) is 15.7 Å². The second-order valence-electron chi connectivity index (χ2n) is 5.49. The lowest BCUT2D eigenvalue weighted by atomic mass is 9.94. The molecule has 0 radical (unpaired) electrons. The highest BCUT2D eigenvalue weighted by atomic mass is 35.5. The summed E-state index contributed by atoms with van der Waals surface area (Å²) in [6.45, 7) is 4.99. The Morgan fingerprint density at radius 3 is 2.50 bits per heavy atom. The van der Waals surface area contributed by atoms with Crippen molar-refractivity contribution in [3.8, 4) is 6.07 Å². The van der Waals surface area contributed by atoms with E-state index in [0.29, 0.717) is 18.9 Å². The first-order valence-corrected chi connectivity index (χ1v) is 6.28. The molecule has 1 aliphatic carbocycles. The van der Waals surface area contributed by atoms with E-state index in [1.165, 1.54) is 0 Å². The average Bonchev–Trinajstić information content (AvgIpc) is 3.05. The molecule has 0 saturated heterocycles. The fourth-order valence-electron chi connectivity index (χ4n) is 1.88. The summed E-state index contributed by atoms with van der Waals surface area (Å²) in [5.41, 5.74) is 5.26. The van der Waals surface area contributed by atoms with Crippen molar-refractivity contribution >= 4 is 18.4 Å². The zero-order valence-corrected chi connectivity index (χ0v) is 12.0. The molecule has 0 aromatic rings. The number of nitriles is 1. The Hall–Kier alpha value is -0.790. The third kappa shape index (κ3) is 5.70. The second kappa shape index (κ2) is 7.60. The van der Waals surface area contributed by atoms with E-state index in [-0.39, 0.29) is 36.3 Å². The first kappa shape index (κ1) is 17.2. The maximum Gasteiger partial charge on any atom is 0.306 e. The Morgan fingerprint density at radius 2 is 2.11 bits per heavy atom. The van der Waals surface area contributed by atoms with Crippen molar-refractivity contribution in [3.63, 3.8) is 0 Å². The van der Waals surface area contributed by atoms with Crippen molar-refractivity contribution in [3.05, 3.63) is 0 Å². The van der Waals surface area contributed by atoms with Gasteiger partial charge < -0.3 is 10.5 Å². The summed E-state index contributed by atoms with van der Waals surface area (Å²) in [7, 11) is 0. The lowest BCUT2D eigenvalue weighted by molar-refractivity contribution is -0.146. The number of carbonyl (C=O) groups excluding carboxylic acids is 1. The highest BCUT2D eigenvalue weighted by molar-refractivity contribution is 5.85. The van der Waals surface area contributed by atoms with Crippen LogP contribution in [0.1, 0.15) is 39.5 Å². The summed E-state index contributed by atoms with van der Waals surface area (Å²) < 4.78 is 5.16. The maximum absolute atomic E-state index is 11.6. The number of carbonyl (C=O) groups is 1. The Kier molecular flexibility index (Phi) is 7.27. The molecule has 1 fully saturated rings.